The van der Waals surface area contributed by atoms with Crippen LogP contribution in [0.5, 0.6) is 0 Å². The van der Waals surface area contributed by atoms with Crippen molar-refractivity contribution in [2.45, 2.75) is 58.0 Å². The number of nitrogens with one attached hydrogen (secondary N) is 1. The Balaban J connectivity index is 1.73. The molecule has 1 N–H and O–H groups in total. The minimum Gasteiger partial charge on any atom is -0.325 e. The zero-order valence-corrected chi connectivity index (χ0v) is 19.1. The van der Waals surface area contributed by atoms with Gasteiger partial charge in [0.2, 0.25) is 5.91 Å². The predicted molar refractivity (Wildman–Crippen MR) is 123 cm³/mol. The van der Waals surface area contributed by atoms with Crippen molar-refractivity contribution in [2.75, 3.05) is 30.7 Å². The van der Waals surface area contributed by atoms with E-state index in [1.807, 2.05) is 35.8 Å². The average Bonchev–Trinajstić information content (AvgIpc) is 2.74. The Bertz CT molecular complexity index is 937. The monoisotopic (exact) mass is 428 g/mol. The second kappa shape index (κ2) is 10.8. The van der Waals surface area contributed by atoms with E-state index in [1.165, 1.54) is 11.8 Å². The number of hydrogen-bond acceptors (Lipinski definition) is 5. The summed E-state index contributed by atoms with van der Waals surface area (Å²) < 4.78 is 1.86. The van der Waals surface area contributed by atoms with Crippen LogP contribution in [0.25, 0.3) is 0 Å². The lowest BCUT2D eigenvalue weighted by molar-refractivity contribution is -0.113. The Hall–Kier alpha value is -2.12. The molecule has 3 rings (SSSR count). The largest absolute Gasteiger partial charge is 0.348 e. The molecule has 1 aromatic heterocycles. The zero-order valence-electron chi connectivity index (χ0n) is 18.2. The molecule has 6 nitrogen and oxygen atoms in total. The Morgan fingerprint density at radius 1 is 1.23 bits per heavy atom. The third kappa shape index (κ3) is 5.73. The Morgan fingerprint density at radius 2 is 2.00 bits per heavy atom. The van der Waals surface area contributed by atoms with E-state index in [2.05, 4.69) is 29.0 Å². The fourth-order valence-electron chi connectivity index (χ4n) is 3.93. The summed E-state index contributed by atoms with van der Waals surface area (Å²) >= 11 is 1.38. The summed E-state index contributed by atoms with van der Waals surface area (Å²) in [5.41, 5.74) is 3.99. The maximum atomic E-state index is 12.8. The van der Waals surface area contributed by atoms with E-state index in [0.717, 1.165) is 72.9 Å². The highest BCUT2D eigenvalue weighted by molar-refractivity contribution is 8.00. The van der Waals surface area contributed by atoms with Gasteiger partial charge in [0.05, 0.1) is 5.75 Å². The normalized spacial score (nSPS) is 13.3. The van der Waals surface area contributed by atoms with Crippen LogP contribution < -0.4 is 11.0 Å². The van der Waals surface area contributed by atoms with Gasteiger partial charge in [-0.25, -0.2) is 4.79 Å². The summed E-state index contributed by atoms with van der Waals surface area (Å²) in [5, 5.41) is 3.66. The molecule has 1 aliphatic carbocycles. The van der Waals surface area contributed by atoms with E-state index in [-0.39, 0.29) is 17.3 Å². The molecule has 0 bridgehead atoms. The number of aromatic nitrogens is 2. The van der Waals surface area contributed by atoms with Crippen molar-refractivity contribution in [2.24, 2.45) is 0 Å². The molecule has 2 aromatic rings. The maximum Gasteiger partial charge on any atom is 0.348 e. The van der Waals surface area contributed by atoms with E-state index in [4.69, 9.17) is 0 Å². The van der Waals surface area contributed by atoms with Gasteiger partial charge in [-0.2, -0.15) is 4.98 Å². The number of anilines is 1. The number of amides is 1. The van der Waals surface area contributed by atoms with Crippen LogP contribution in [0.15, 0.2) is 34.1 Å². The molecule has 1 aliphatic rings. The third-order valence-corrected chi connectivity index (χ3v) is 6.64. The van der Waals surface area contributed by atoms with Crippen LogP contribution in [0, 0.1) is 6.92 Å². The van der Waals surface area contributed by atoms with Crippen molar-refractivity contribution in [3.63, 3.8) is 0 Å². The SMILES string of the molecule is CCN(CC)CCn1c2c(c(SCC(=O)Nc3cccc(C)c3)nc1=O)CCCC2. The number of carbonyl (C=O) groups excluding carboxylic acids is 1. The summed E-state index contributed by atoms with van der Waals surface area (Å²) in [6, 6.07) is 7.75. The first-order valence-corrected chi connectivity index (χ1v) is 11.8. The van der Waals surface area contributed by atoms with Gasteiger partial charge in [-0.3, -0.25) is 9.36 Å². The van der Waals surface area contributed by atoms with Gasteiger partial charge in [-0.1, -0.05) is 37.7 Å². The molecule has 1 heterocycles. The Kier molecular flexibility index (Phi) is 8.10. The lowest BCUT2D eigenvalue weighted by atomic mass is 9.97. The molecule has 0 radical (unpaired) electrons. The molecule has 0 unspecified atom stereocenters. The molecule has 0 aliphatic heterocycles. The molecular weight excluding hydrogens is 396 g/mol. The van der Waals surface area contributed by atoms with Crippen LogP contribution in [-0.4, -0.2) is 45.7 Å². The minimum absolute atomic E-state index is 0.0809. The Morgan fingerprint density at radius 3 is 2.73 bits per heavy atom. The van der Waals surface area contributed by atoms with Crippen LogP contribution in [0.4, 0.5) is 5.69 Å². The molecule has 0 saturated heterocycles. The second-order valence-electron chi connectivity index (χ2n) is 7.72. The summed E-state index contributed by atoms with van der Waals surface area (Å²) in [4.78, 5) is 31.9. The van der Waals surface area contributed by atoms with Crippen molar-refractivity contribution in [3.05, 3.63) is 51.6 Å². The van der Waals surface area contributed by atoms with Crippen molar-refractivity contribution in [1.82, 2.24) is 14.5 Å². The molecule has 0 fully saturated rings. The third-order valence-electron chi connectivity index (χ3n) is 5.63. The van der Waals surface area contributed by atoms with E-state index in [0.29, 0.717) is 6.54 Å². The second-order valence-corrected chi connectivity index (χ2v) is 8.68. The highest BCUT2D eigenvalue weighted by Gasteiger charge is 2.21. The molecule has 0 saturated carbocycles. The van der Waals surface area contributed by atoms with E-state index in [1.54, 1.807) is 0 Å². The summed E-state index contributed by atoms with van der Waals surface area (Å²) in [6.45, 7) is 9.76. The van der Waals surface area contributed by atoms with Gasteiger partial charge in [0.15, 0.2) is 0 Å². The number of carbonyl (C=O) groups is 1. The van der Waals surface area contributed by atoms with Crippen molar-refractivity contribution in [1.29, 1.82) is 0 Å². The van der Waals surface area contributed by atoms with Gasteiger partial charge in [0, 0.05) is 30.0 Å². The first-order valence-electron chi connectivity index (χ1n) is 10.9. The fraction of sp³-hybridized carbons (Fsp3) is 0.522. The minimum atomic E-state index is -0.190. The zero-order chi connectivity index (χ0) is 21.5. The highest BCUT2D eigenvalue weighted by atomic mass is 32.2. The van der Waals surface area contributed by atoms with Crippen LogP contribution in [0.2, 0.25) is 0 Å². The van der Waals surface area contributed by atoms with Gasteiger partial charge in [-0.05, 0) is 63.4 Å². The summed E-state index contributed by atoms with van der Waals surface area (Å²) in [7, 11) is 0. The lowest BCUT2D eigenvalue weighted by Crippen LogP contribution is -2.35. The maximum absolute atomic E-state index is 12.8. The van der Waals surface area contributed by atoms with Crippen LogP contribution in [0.3, 0.4) is 0 Å². The molecule has 1 amide bonds. The molecule has 162 valence electrons. The van der Waals surface area contributed by atoms with Gasteiger partial charge >= 0.3 is 5.69 Å². The van der Waals surface area contributed by atoms with Gasteiger partial charge in [-0.15, -0.1) is 0 Å². The first kappa shape index (κ1) is 22.6. The number of benzene rings is 1. The number of likely N-dealkylation sites (N-methyl/N-ethyl adjacent to an activating group) is 1. The number of rotatable bonds is 9. The molecule has 1 aromatic carbocycles. The molecule has 0 spiro atoms. The van der Waals surface area contributed by atoms with Gasteiger partial charge in [0.25, 0.3) is 0 Å². The van der Waals surface area contributed by atoms with Crippen molar-refractivity contribution < 1.29 is 4.79 Å². The topological polar surface area (TPSA) is 67.2 Å². The van der Waals surface area contributed by atoms with Crippen LogP contribution >= 0.6 is 11.8 Å². The number of aryl methyl sites for hydroxylation is 1. The Labute approximate surface area is 183 Å². The summed E-state index contributed by atoms with van der Waals surface area (Å²) in [5.74, 6) is 0.165. The lowest BCUT2D eigenvalue weighted by Gasteiger charge is -2.24. The fourth-order valence-corrected chi connectivity index (χ4v) is 4.81. The predicted octanol–water partition coefficient (Wildman–Crippen LogP) is 3.50. The number of hydrogen-bond donors (Lipinski definition) is 1. The van der Waals surface area contributed by atoms with Crippen molar-refractivity contribution in [3.8, 4) is 0 Å². The molecule has 30 heavy (non-hydrogen) atoms. The number of fused-ring (bicyclic) bond motifs is 1. The summed E-state index contributed by atoms with van der Waals surface area (Å²) in [6.07, 6.45) is 4.04. The van der Waals surface area contributed by atoms with E-state index < -0.39 is 0 Å². The standard InChI is InChI=1S/C23H32N4O2S/c1-4-26(5-2)13-14-27-20-12-7-6-11-19(20)22(25-23(27)29)30-16-21(28)24-18-10-8-9-17(3)15-18/h8-10,15H,4-7,11-14,16H2,1-3H3,(H,24,28). The van der Waals surface area contributed by atoms with E-state index in [9.17, 15) is 9.59 Å². The smallest absolute Gasteiger partial charge is 0.325 e. The highest BCUT2D eigenvalue weighted by Crippen LogP contribution is 2.28. The van der Waals surface area contributed by atoms with Gasteiger partial charge < -0.3 is 10.2 Å². The average molecular weight is 429 g/mol. The molecule has 7 heteroatoms. The molecule has 0 atom stereocenters. The quantitative estimate of drug-likeness (QED) is 0.489. The van der Waals surface area contributed by atoms with Crippen molar-refractivity contribution >= 4 is 23.4 Å². The van der Waals surface area contributed by atoms with Crippen LogP contribution in [-0.2, 0) is 24.2 Å². The number of thioether (sulfide) groups is 1. The molecular formula is C23H32N4O2S. The first-order chi connectivity index (χ1) is 14.5. The van der Waals surface area contributed by atoms with E-state index >= 15 is 0 Å². The van der Waals surface area contributed by atoms with Crippen LogP contribution in [0.1, 0.15) is 43.5 Å². The number of nitrogens with zero attached hydrogens (tertiary/aromatic N) is 3. The van der Waals surface area contributed by atoms with Gasteiger partial charge in [0.1, 0.15) is 5.03 Å².